The van der Waals surface area contributed by atoms with Crippen molar-refractivity contribution in [2.24, 2.45) is 0 Å². The van der Waals surface area contributed by atoms with E-state index in [-0.39, 0.29) is 11.6 Å². The van der Waals surface area contributed by atoms with E-state index in [1.807, 2.05) is 6.92 Å². The third-order valence-corrected chi connectivity index (χ3v) is 3.81. The van der Waals surface area contributed by atoms with Crippen LogP contribution >= 0.6 is 0 Å². The number of methoxy groups -OCH3 is 1. The van der Waals surface area contributed by atoms with Gasteiger partial charge in [0.05, 0.1) is 18.8 Å². The van der Waals surface area contributed by atoms with Gasteiger partial charge in [-0.05, 0) is 64.8 Å². The molecule has 1 aromatic carbocycles. The average Bonchev–Trinajstić information content (AvgIpc) is 2.40. The third kappa shape index (κ3) is 4.45. The molecule has 0 bridgehead atoms. The first-order valence-corrected chi connectivity index (χ1v) is 7.89. The van der Waals surface area contributed by atoms with Crippen molar-refractivity contribution < 1.29 is 9.47 Å². The predicted octanol–water partition coefficient (Wildman–Crippen LogP) is 4.17. The number of hydrogen-bond acceptors (Lipinski definition) is 3. The molecule has 0 aliphatic rings. The van der Waals surface area contributed by atoms with Gasteiger partial charge in [0.25, 0.3) is 0 Å². The highest BCUT2D eigenvalue weighted by Gasteiger charge is 2.34. The van der Waals surface area contributed by atoms with Crippen LogP contribution in [0.15, 0.2) is 12.1 Å². The number of benzene rings is 1. The lowest BCUT2D eigenvalue weighted by atomic mass is 9.87. The van der Waals surface area contributed by atoms with Crippen LogP contribution in [-0.4, -0.2) is 25.9 Å². The van der Waals surface area contributed by atoms with E-state index >= 15 is 0 Å². The van der Waals surface area contributed by atoms with Gasteiger partial charge in [0.1, 0.15) is 5.75 Å². The summed E-state index contributed by atoms with van der Waals surface area (Å²) in [4.78, 5) is 0. The van der Waals surface area contributed by atoms with Crippen molar-refractivity contribution in [3.05, 3.63) is 28.8 Å². The maximum Gasteiger partial charge on any atom is 0.124 e. The highest BCUT2D eigenvalue weighted by atomic mass is 16.5. The molecule has 0 saturated heterocycles. The number of hydrogen-bond donors (Lipinski definition) is 1. The summed E-state index contributed by atoms with van der Waals surface area (Å²) in [6.45, 7) is 14.4. The predicted molar refractivity (Wildman–Crippen MR) is 89.2 cm³/mol. The monoisotopic (exact) mass is 293 g/mol. The first kappa shape index (κ1) is 18.0. The lowest BCUT2D eigenvalue weighted by Crippen LogP contribution is -2.42. The second kappa shape index (κ2) is 7.81. The Morgan fingerprint density at radius 3 is 2.38 bits per heavy atom. The Morgan fingerprint density at radius 1 is 1.19 bits per heavy atom. The summed E-state index contributed by atoms with van der Waals surface area (Å²) in [5.74, 6) is 0.939. The van der Waals surface area contributed by atoms with Gasteiger partial charge in [-0.15, -0.1) is 0 Å². The molecule has 1 aromatic rings. The molecule has 0 saturated carbocycles. The summed E-state index contributed by atoms with van der Waals surface area (Å²) in [6, 6.07) is 4.42. The largest absolute Gasteiger partial charge is 0.496 e. The normalized spacial score (nSPS) is 13.3. The van der Waals surface area contributed by atoms with Crippen LogP contribution in [0.2, 0.25) is 0 Å². The van der Waals surface area contributed by atoms with E-state index in [4.69, 9.17) is 9.47 Å². The summed E-state index contributed by atoms with van der Waals surface area (Å²) < 4.78 is 11.7. The molecule has 0 aliphatic heterocycles. The van der Waals surface area contributed by atoms with Crippen LogP contribution < -0.4 is 10.1 Å². The summed E-state index contributed by atoms with van der Waals surface area (Å²) in [6.07, 6.45) is 1.09. The van der Waals surface area contributed by atoms with Gasteiger partial charge in [-0.2, -0.15) is 0 Å². The fourth-order valence-corrected chi connectivity index (χ4v) is 2.92. The minimum Gasteiger partial charge on any atom is -0.496 e. The zero-order chi connectivity index (χ0) is 16.0. The van der Waals surface area contributed by atoms with Crippen molar-refractivity contribution in [2.75, 3.05) is 20.3 Å². The van der Waals surface area contributed by atoms with Gasteiger partial charge in [0, 0.05) is 12.2 Å². The Kier molecular flexibility index (Phi) is 6.69. The molecular formula is C18H31NO2. The van der Waals surface area contributed by atoms with Gasteiger partial charge in [-0.25, -0.2) is 0 Å². The SMILES string of the molecule is CCCNC(c1c(C)cc(C)cc1OC)C(C)(C)OCC. The molecule has 3 heteroatoms. The van der Waals surface area contributed by atoms with Crippen molar-refractivity contribution >= 4 is 0 Å². The van der Waals surface area contributed by atoms with E-state index < -0.39 is 0 Å². The van der Waals surface area contributed by atoms with Crippen molar-refractivity contribution in [1.82, 2.24) is 5.32 Å². The van der Waals surface area contributed by atoms with E-state index in [9.17, 15) is 0 Å². The zero-order valence-corrected chi connectivity index (χ0v) is 14.7. The first-order chi connectivity index (χ1) is 9.87. The highest BCUT2D eigenvalue weighted by Crippen LogP contribution is 2.37. The number of nitrogens with one attached hydrogen (secondary N) is 1. The van der Waals surface area contributed by atoms with Gasteiger partial charge in [0.2, 0.25) is 0 Å². The van der Waals surface area contributed by atoms with E-state index in [0.717, 1.165) is 18.7 Å². The van der Waals surface area contributed by atoms with Crippen LogP contribution in [0, 0.1) is 13.8 Å². The fourth-order valence-electron chi connectivity index (χ4n) is 2.92. The number of aryl methyl sites for hydroxylation is 2. The fraction of sp³-hybridized carbons (Fsp3) is 0.667. The standard InChI is InChI=1S/C18H31NO2/c1-8-10-19-17(18(5,6)21-9-2)16-14(4)11-13(3)12-15(16)20-7/h11-12,17,19H,8-10H2,1-7H3. The van der Waals surface area contributed by atoms with E-state index in [1.54, 1.807) is 7.11 Å². The first-order valence-electron chi connectivity index (χ1n) is 7.89. The molecule has 0 spiro atoms. The van der Waals surface area contributed by atoms with Crippen LogP contribution in [0.3, 0.4) is 0 Å². The molecule has 0 radical (unpaired) electrons. The van der Waals surface area contributed by atoms with Crippen molar-refractivity contribution in [3.63, 3.8) is 0 Å². The van der Waals surface area contributed by atoms with E-state index in [0.29, 0.717) is 6.61 Å². The van der Waals surface area contributed by atoms with Gasteiger partial charge < -0.3 is 14.8 Å². The molecule has 1 N–H and O–H groups in total. The van der Waals surface area contributed by atoms with Gasteiger partial charge in [-0.3, -0.25) is 0 Å². The van der Waals surface area contributed by atoms with E-state index in [1.165, 1.54) is 16.7 Å². The van der Waals surface area contributed by atoms with Crippen molar-refractivity contribution in [1.29, 1.82) is 0 Å². The molecule has 0 aromatic heterocycles. The molecular weight excluding hydrogens is 262 g/mol. The van der Waals surface area contributed by atoms with Gasteiger partial charge in [0.15, 0.2) is 0 Å². The molecule has 1 atom stereocenters. The Bertz CT molecular complexity index is 455. The van der Waals surface area contributed by atoms with Crippen LogP contribution in [0.4, 0.5) is 0 Å². The van der Waals surface area contributed by atoms with Crippen LogP contribution in [0.5, 0.6) is 5.75 Å². The van der Waals surface area contributed by atoms with Crippen molar-refractivity contribution in [2.45, 2.75) is 59.6 Å². The summed E-state index contributed by atoms with van der Waals surface area (Å²) in [7, 11) is 1.74. The molecule has 1 rings (SSSR count). The quantitative estimate of drug-likeness (QED) is 0.780. The highest BCUT2D eigenvalue weighted by molar-refractivity contribution is 5.46. The second-order valence-electron chi connectivity index (χ2n) is 6.12. The van der Waals surface area contributed by atoms with Crippen LogP contribution in [0.25, 0.3) is 0 Å². The minimum atomic E-state index is -0.294. The molecule has 0 heterocycles. The average molecular weight is 293 g/mol. The smallest absolute Gasteiger partial charge is 0.124 e. The summed E-state index contributed by atoms with van der Waals surface area (Å²) in [5.41, 5.74) is 3.37. The molecule has 21 heavy (non-hydrogen) atoms. The molecule has 0 aliphatic carbocycles. The van der Waals surface area contributed by atoms with E-state index in [2.05, 4.69) is 52.1 Å². The van der Waals surface area contributed by atoms with Crippen LogP contribution in [0.1, 0.15) is 56.8 Å². The maximum absolute atomic E-state index is 6.01. The van der Waals surface area contributed by atoms with Crippen LogP contribution in [-0.2, 0) is 4.74 Å². The summed E-state index contributed by atoms with van der Waals surface area (Å²) in [5, 5.41) is 3.64. The molecule has 1 unspecified atom stereocenters. The topological polar surface area (TPSA) is 30.5 Å². The third-order valence-electron chi connectivity index (χ3n) is 3.81. The number of ether oxygens (including phenoxy) is 2. The second-order valence-corrected chi connectivity index (χ2v) is 6.12. The molecule has 0 fully saturated rings. The molecule has 0 amide bonds. The Hall–Kier alpha value is -1.06. The lowest BCUT2D eigenvalue weighted by molar-refractivity contribution is -0.0397. The maximum atomic E-state index is 6.01. The Labute approximate surface area is 130 Å². The van der Waals surface area contributed by atoms with Crippen molar-refractivity contribution in [3.8, 4) is 5.75 Å². The van der Waals surface area contributed by atoms with Gasteiger partial charge >= 0.3 is 0 Å². The molecule has 3 nitrogen and oxygen atoms in total. The lowest BCUT2D eigenvalue weighted by Gasteiger charge is -2.37. The Balaban J connectivity index is 3.31. The minimum absolute atomic E-state index is 0.105. The molecule has 120 valence electrons. The Morgan fingerprint density at radius 2 is 1.86 bits per heavy atom. The number of rotatable bonds is 8. The summed E-state index contributed by atoms with van der Waals surface area (Å²) >= 11 is 0. The van der Waals surface area contributed by atoms with Gasteiger partial charge in [-0.1, -0.05) is 13.0 Å². The zero-order valence-electron chi connectivity index (χ0n) is 14.7.